The molecule has 0 spiro atoms. The Morgan fingerprint density at radius 3 is 2.37 bits per heavy atom. The van der Waals surface area contributed by atoms with Crippen molar-refractivity contribution in [2.24, 2.45) is 5.92 Å². The minimum Gasteiger partial charge on any atom is -0.372 e. The van der Waals surface area contributed by atoms with E-state index in [1.165, 1.54) is 12.8 Å². The zero-order valence-corrected chi connectivity index (χ0v) is 12.9. The topological polar surface area (TPSA) is 41.6 Å². The summed E-state index contributed by atoms with van der Waals surface area (Å²) in [6.45, 7) is 7.84. The van der Waals surface area contributed by atoms with Crippen LogP contribution in [0.5, 0.6) is 0 Å². The largest absolute Gasteiger partial charge is 0.372 e. The third kappa shape index (κ3) is 5.28. The molecule has 2 atom stereocenters. The van der Waals surface area contributed by atoms with E-state index in [2.05, 4.69) is 5.32 Å². The lowest BCUT2D eigenvalue weighted by Crippen LogP contribution is -2.48. The van der Waals surface area contributed by atoms with Gasteiger partial charge in [-0.05, 0) is 52.1 Å². The maximum atomic E-state index is 12.2. The van der Waals surface area contributed by atoms with Crippen molar-refractivity contribution in [1.29, 1.82) is 0 Å². The predicted octanol–water partition coefficient (Wildman–Crippen LogP) is 1.82. The van der Waals surface area contributed by atoms with Gasteiger partial charge in [0.25, 0.3) is 0 Å². The van der Waals surface area contributed by atoms with Crippen molar-refractivity contribution in [2.75, 3.05) is 26.2 Å². The lowest BCUT2D eigenvalue weighted by molar-refractivity contribution is -0.143. The first kappa shape index (κ1) is 16.7. The predicted molar refractivity (Wildman–Crippen MR) is 78.7 cm³/mol. The van der Waals surface area contributed by atoms with Crippen LogP contribution in [0.4, 0.5) is 0 Å². The lowest BCUT2D eigenvalue weighted by atomic mass is 9.93. The van der Waals surface area contributed by atoms with Gasteiger partial charge in [-0.2, -0.15) is 0 Å². The van der Waals surface area contributed by atoms with Gasteiger partial charge in [0.1, 0.15) is 0 Å². The summed E-state index contributed by atoms with van der Waals surface area (Å²) in [5.74, 6) is 1.06. The molecule has 0 bridgehead atoms. The van der Waals surface area contributed by atoms with E-state index in [1.807, 2.05) is 18.7 Å². The van der Waals surface area contributed by atoms with Gasteiger partial charge >= 0.3 is 0 Å². The molecular weight excluding hydrogens is 264 g/mol. The first-order valence-corrected chi connectivity index (χ1v) is 7.29. The summed E-state index contributed by atoms with van der Waals surface area (Å²) in [6.07, 6.45) is 4.57. The summed E-state index contributed by atoms with van der Waals surface area (Å²) < 4.78 is 5.66. The SMILES string of the molecule is CC1CN(C(=O)CCC2CCNCC2)CC(C)O1.Cl. The number of nitrogens with one attached hydrogen (secondary N) is 1. The van der Waals surface area contributed by atoms with Crippen LogP contribution in [0.2, 0.25) is 0 Å². The molecule has 2 aliphatic heterocycles. The van der Waals surface area contributed by atoms with Gasteiger partial charge in [0.2, 0.25) is 5.91 Å². The number of amides is 1. The van der Waals surface area contributed by atoms with Crippen LogP contribution >= 0.6 is 12.4 Å². The van der Waals surface area contributed by atoms with Gasteiger partial charge in [0.05, 0.1) is 12.2 Å². The number of halogens is 1. The molecule has 2 saturated heterocycles. The quantitative estimate of drug-likeness (QED) is 0.862. The Morgan fingerprint density at radius 1 is 1.21 bits per heavy atom. The van der Waals surface area contributed by atoms with Crippen LogP contribution in [0.1, 0.15) is 39.5 Å². The van der Waals surface area contributed by atoms with E-state index >= 15 is 0 Å². The number of morpholine rings is 1. The number of ether oxygens (including phenoxy) is 1. The van der Waals surface area contributed by atoms with Gasteiger partial charge in [0, 0.05) is 19.5 Å². The van der Waals surface area contributed by atoms with E-state index in [0.717, 1.165) is 38.5 Å². The van der Waals surface area contributed by atoms with E-state index in [1.54, 1.807) is 0 Å². The Bertz CT molecular complexity index is 273. The molecule has 2 unspecified atom stereocenters. The van der Waals surface area contributed by atoms with Gasteiger partial charge in [-0.25, -0.2) is 0 Å². The van der Waals surface area contributed by atoms with E-state index in [0.29, 0.717) is 12.3 Å². The van der Waals surface area contributed by atoms with Crippen LogP contribution in [-0.4, -0.2) is 49.2 Å². The third-order valence-corrected chi connectivity index (χ3v) is 4.00. The van der Waals surface area contributed by atoms with E-state index in [4.69, 9.17) is 4.74 Å². The standard InChI is InChI=1S/C14H26N2O2.ClH/c1-11-9-16(10-12(2)18-11)14(17)4-3-13-5-7-15-8-6-13;/h11-13,15H,3-10H2,1-2H3;1H. The molecule has 0 aromatic rings. The van der Waals surface area contributed by atoms with Crippen molar-refractivity contribution in [2.45, 2.75) is 51.7 Å². The average Bonchev–Trinajstić information content (AvgIpc) is 2.36. The van der Waals surface area contributed by atoms with Crippen molar-refractivity contribution >= 4 is 18.3 Å². The van der Waals surface area contributed by atoms with Crippen molar-refractivity contribution < 1.29 is 9.53 Å². The van der Waals surface area contributed by atoms with Crippen LogP contribution in [0.15, 0.2) is 0 Å². The summed E-state index contributed by atoms with van der Waals surface area (Å²) in [5.41, 5.74) is 0. The maximum Gasteiger partial charge on any atom is 0.222 e. The summed E-state index contributed by atoms with van der Waals surface area (Å²) in [4.78, 5) is 14.2. The minimum atomic E-state index is 0. The monoisotopic (exact) mass is 290 g/mol. The van der Waals surface area contributed by atoms with Gasteiger partial charge in [0.15, 0.2) is 0 Å². The molecule has 2 aliphatic rings. The summed E-state index contributed by atoms with van der Waals surface area (Å²) in [6, 6.07) is 0. The summed E-state index contributed by atoms with van der Waals surface area (Å²) >= 11 is 0. The normalized spacial score (nSPS) is 28.8. The molecular formula is C14H27ClN2O2. The molecule has 0 aliphatic carbocycles. The zero-order valence-electron chi connectivity index (χ0n) is 12.1. The number of carbonyl (C=O) groups is 1. The number of rotatable bonds is 3. The van der Waals surface area contributed by atoms with Gasteiger partial charge in [-0.1, -0.05) is 0 Å². The zero-order chi connectivity index (χ0) is 13.0. The van der Waals surface area contributed by atoms with E-state index in [9.17, 15) is 4.79 Å². The summed E-state index contributed by atoms with van der Waals surface area (Å²) in [5, 5.41) is 3.37. The molecule has 2 rings (SSSR count). The fourth-order valence-corrected chi connectivity index (χ4v) is 3.04. The number of carbonyl (C=O) groups excluding carboxylic acids is 1. The highest BCUT2D eigenvalue weighted by Crippen LogP contribution is 2.19. The van der Waals surface area contributed by atoms with Crippen LogP contribution in [0.3, 0.4) is 0 Å². The Morgan fingerprint density at radius 2 is 1.79 bits per heavy atom. The number of hydrogen-bond acceptors (Lipinski definition) is 3. The molecule has 2 fully saturated rings. The second kappa shape index (κ2) is 8.08. The molecule has 2 heterocycles. The Balaban J connectivity index is 0.00000180. The van der Waals surface area contributed by atoms with Gasteiger partial charge in [-0.15, -0.1) is 12.4 Å². The number of piperidine rings is 1. The third-order valence-electron chi connectivity index (χ3n) is 4.00. The first-order valence-electron chi connectivity index (χ1n) is 7.29. The fourth-order valence-electron chi connectivity index (χ4n) is 3.04. The highest BCUT2D eigenvalue weighted by molar-refractivity contribution is 5.85. The number of nitrogens with zero attached hydrogens (tertiary/aromatic N) is 1. The Kier molecular flexibility index (Phi) is 7.11. The molecule has 0 aromatic carbocycles. The van der Waals surface area contributed by atoms with Crippen molar-refractivity contribution in [3.63, 3.8) is 0 Å². The molecule has 0 saturated carbocycles. The molecule has 1 N–H and O–H groups in total. The van der Waals surface area contributed by atoms with E-state index in [-0.39, 0.29) is 24.6 Å². The Hall–Kier alpha value is -0.320. The Labute approximate surface area is 122 Å². The van der Waals surface area contributed by atoms with Crippen LogP contribution < -0.4 is 5.32 Å². The second-order valence-electron chi connectivity index (χ2n) is 5.79. The summed E-state index contributed by atoms with van der Waals surface area (Å²) in [7, 11) is 0. The van der Waals surface area contributed by atoms with Crippen LogP contribution in [-0.2, 0) is 9.53 Å². The molecule has 19 heavy (non-hydrogen) atoms. The lowest BCUT2D eigenvalue weighted by Gasteiger charge is -2.35. The second-order valence-corrected chi connectivity index (χ2v) is 5.79. The minimum absolute atomic E-state index is 0. The van der Waals surface area contributed by atoms with E-state index < -0.39 is 0 Å². The van der Waals surface area contributed by atoms with Crippen molar-refractivity contribution in [1.82, 2.24) is 10.2 Å². The van der Waals surface area contributed by atoms with Crippen molar-refractivity contribution in [3.8, 4) is 0 Å². The molecule has 0 aromatic heterocycles. The highest BCUT2D eigenvalue weighted by atomic mass is 35.5. The van der Waals surface area contributed by atoms with Crippen LogP contribution in [0.25, 0.3) is 0 Å². The van der Waals surface area contributed by atoms with Gasteiger partial charge < -0.3 is 15.0 Å². The highest BCUT2D eigenvalue weighted by Gasteiger charge is 2.26. The smallest absolute Gasteiger partial charge is 0.222 e. The molecule has 5 heteroatoms. The fraction of sp³-hybridized carbons (Fsp3) is 0.929. The maximum absolute atomic E-state index is 12.2. The first-order chi connectivity index (χ1) is 8.65. The average molecular weight is 291 g/mol. The number of hydrogen-bond donors (Lipinski definition) is 1. The molecule has 0 radical (unpaired) electrons. The molecule has 1 amide bonds. The molecule has 4 nitrogen and oxygen atoms in total. The molecule has 112 valence electrons. The van der Waals surface area contributed by atoms with Crippen LogP contribution in [0, 0.1) is 5.92 Å². The van der Waals surface area contributed by atoms with Crippen molar-refractivity contribution in [3.05, 3.63) is 0 Å². The van der Waals surface area contributed by atoms with Gasteiger partial charge in [-0.3, -0.25) is 4.79 Å².